The van der Waals surface area contributed by atoms with Crippen LogP contribution >= 0.6 is 12.2 Å². The van der Waals surface area contributed by atoms with Crippen molar-refractivity contribution in [3.63, 3.8) is 0 Å². The molecule has 7 nitrogen and oxygen atoms in total. The SMILES string of the molecule is CC1=Nc2[nH]c(N)nc(=S)c2C1=NCC(=O)OC(C)(C)C. The Hall–Kier alpha value is -2.09. The molecule has 0 amide bonds. The molecule has 21 heavy (non-hydrogen) atoms. The highest BCUT2D eigenvalue weighted by atomic mass is 32.1. The van der Waals surface area contributed by atoms with Crippen molar-refractivity contribution in [1.82, 2.24) is 9.97 Å². The number of nitrogen functional groups attached to an aromatic ring is 1. The fourth-order valence-electron chi connectivity index (χ4n) is 1.89. The Labute approximate surface area is 127 Å². The molecule has 1 aliphatic rings. The number of carbonyl (C=O) groups is 1. The number of anilines is 1. The zero-order valence-corrected chi connectivity index (χ0v) is 13.2. The van der Waals surface area contributed by atoms with Crippen LogP contribution in [0.1, 0.15) is 33.3 Å². The van der Waals surface area contributed by atoms with Crippen molar-refractivity contribution in [3.8, 4) is 0 Å². The lowest BCUT2D eigenvalue weighted by atomic mass is 10.1. The molecule has 0 bridgehead atoms. The summed E-state index contributed by atoms with van der Waals surface area (Å²) in [7, 11) is 0. The Morgan fingerprint density at radius 3 is 2.76 bits per heavy atom. The van der Waals surface area contributed by atoms with Gasteiger partial charge in [0.2, 0.25) is 0 Å². The molecule has 3 N–H and O–H groups in total. The lowest BCUT2D eigenvalue weighted by Crippen LogP contribution is -2.26. The second kappa shape index (κ2) is 5.36. The van der Waals surface area contributed by atoms with Gasteiger partial charge < -0.3 is 15.5 Å². The van der Waals surface area contributed by atoms with E-state index in [-0.39, 0.29) is 12.5 Å². The highest BCUT2D eigenvalue weighted by molar-refractivity contribution is 7.71. The van der Waals surface area contributed by atoms with Gasteiger partial charge in [-0.25, -0.2) is 9.98 Å². The molecule has 1 aromatic heterocycles. The summed E-state index contributed by atoms with van der Waals surface area (Å²) in [6.07, 6.45) is 0. The van der Waals surface area contributed by atoms with Gasteiger partial charge in [-0.1, -0.05) is 12.2 Å². The summed E-state index contributed by atoms with van der Waals surface area (Å²) in [5.41, 5.74) is 6.86. The van der Waals surface area contributed by atoms with Gasteiger partial charge in [-0.3, -0.25) is 9.79 Å². The molecule has 2 rings (SSSR count). The summed E-state index contributed by atoms with van der Waals surface area (Å²) in [6, 6.07) is 0. The van der Waals surface area contributed by atoms with Crippen LogP contribution in [0.15, 0.2) is 9.98 Å². The number of aliphatic imine (C=N–C) groups is 2. The first-order valence-electron chi connectivity index (χ1n) is 6.39. The summed E-state index contributed by atoms with van der Waals surface area (Å²) < 4.78 is 5.52. The first-order valence-corrected chi connectivity index (χ1v) is 6.80. The highest BCUT2D eigenvalue weighted by Crippen LogP contribution is 2.26. The predicted octanol–water partition coefficient (Wildman–Crippen LogP) is 1.96. The largest absolute Gasteiger partial charge is 0.459 e. The Bertz CT molecular complexity index is 712. The first-order chi connectivity index (χ1) is 9.67. The summed E-state index contributed by atoms with van der Waals surface area (Å²) >= 11 is 5.18. The van der Waals surface area contributed by atoms with E-state index in [1.54, 1.807) is 27.7 Å². The number of nitrogens with zero attached hydrogens (tertiary/aromatic N) is 3. The number of aromatic amines is 1. The Balaban J connectivity index is 2.28. The van der Waals surface area contributed by atoms with E-state index in [1.165, 1.54) is 0 Å². The molecule has 0 saturated carbocycles. The molecule has 1 aromatic rings. The number of carbonyl (C=O) groups excluding carboxylic acids is 1. The van der Waals surface area contributed by atoms with Crippen LogP contribution in [0.25, 0.3) is 0 Å². The van der Waals surface area contributed by atoms with Gasteiger partial charge >= 0.3 is 5.97 Å². The van der Waals surface area contributed by atoms with Crippen molar-refractivity contribution in [2.75, 3.05) is 12.3 Å². The fraction of sp³-hybridized carbons (Fsp3) is 0.462. The van der Waals surface area contributed by atoms with E-state index in [0.717, 1.165) is 0 Å². The Morgan fingerprint density at radius 1 is 1.48 bits per heavy atom. The summed E-state index contributed by atoms with van der Waals surface area (Å²) in [5, 5.41) is 0. The monoisotopic (exact) mass is 307 g/mol. The number of hydrogen-bond donors (Lipinski definition) is 2. The van der Waals surface area contributed by atoms with Gasteiger partial charge in [0.05, 0.1) is 17.0 Å². The predicted molar refractivity (Wildman–Crippen MR) is 83.9 cm³/mol. The minimum atomic E-state index is -0.541. The molecule has 2 heterocycles. The standard InChI is InChI=1S/C13H17N5O2S/c1-6-9(15-5-7(19)20-13(2,3)4)8-10(16-6)17-12(14)18-11(8)21/h5H2,1-4H3,(H3,14,17,18,21). The third-order valence-electron chi connectivity index (χ3n) is 2.56. The van der Waals surface area contributed by atoms with Crippen molar-refractivity contribution in [3.05, 3.63) is 10.2 Å². The third kappa shape index (κ3) is 3.52. The molecule has 0 atom stereocenters. The van der Waals surface area contributed by atoms with Crippen LogP contribution in [0.4, 0.5) is 11.8 Å². The van der Waals surface area contributed by atoms with Crippen molar-refractivity contribution in [2.24, 2.45) is 9.98 Å². The van der Waals surface area contributed by atoms with Crippen LogP contribution in [0.3, 0.4) is 0 Å². The molecule has 0 fully saturated rings. The molecule has 0 saturated heterocycles. The lowest BCUT2D eigenvalue weighted by Gasteiger charge is -2.18. The van der Waals surface area contributed by atoms with Crippen molar-refractivity contribution >= 4 is 41.4 Å². The van der Waals surface area contributed by atoms with Gasteiger partial charge in [0.15, 0.2) is 5.95 Å². The molecule has 0 radical (unpaired) electrons. The molecule has 0 aliphatic carbocycles. The van der Waals surface area contributed by atoms with Gasteiger partial charge in [-0.05, 0) is 27.7 Å². The van der Waals surface area contributed by atoms with Crippen molar-refractivity contribution < 1.29 is 9.53 Å². The highest BCUT2D eigenvalue weighted by Gasteiger charge is 2.23. The minimum absolute atomic E-state index is 0.0992. The normalized spacial score (nSPS) is 15.8. The number of hydrogen-bond acceptors (Lipinski definition) is 7. The van der Waals surface area contributed by atoms with E-state index >= 15 is 0 Å². The van der Waals surface area contributed by atoms with Crippen LogP contribution in [0.5, 0.6) is 0 Å². The number of H-pyrrole nitrogens is 1. The zero-order valence-electron chi connectivity index (χ0n) is 12.4. The van der Waals surface area contributed by atoms with Crippen LogP contribution < -0.4 is 5.73 Å². The van der Waals surface area contributed by atoms with Crippen molar-refractivity contribution in [1.29, 1.82) is 0 Å². The van der Waals surface area contributed by atoms with E-state index in [2.05, 4.69) is 20.0 Å². The summed E-state index contributed by atoms with van der Waals surface area (Å²) in [5.74, 6) is 0.311. The average Bonchev–Trinajstić information content (AvgIpc) is 2.60. The number of nitrogens with one attached hydrogen (secondary N) is 1. The molecule has 0 aromatic carbocycles. The van der Waals surface area contributed by atoms with Crippen LogP contribution in [0.2, 0.25) is 0 Å². The second-order valence-electron chi connectivity index (χ2n) is 5.60. The van der Waals surface area contributed by atoms with Crippen molar-refractivity contribution in [2.45, 2.75) is 33.3 Å². The molecule has 0 spiro atoms. The maximum absolute atomic E-state index is 11.7. The number of fused-ring (bicyclic) bond motifs is 1. The van der Waals surface area contributed by atoms with E-state index in [0.29, 0.717) is 27.4 Å². The third-order valence-corrected chi connectivity index (χ3v) is 2.86. The van der Waals surface area contributed by atoms with E-state index in [4.69, 9.17) is 22.7 Å². The number of aromatic nitrogens is 2. The van der Waals surface area contributed by atoms with Gasteiger partial charge in [0.25, 0.3) is 0 Å². The maximum atomic E-state index is 11.7. The Kier molecular flexibility index (Phi) is 3.91. The number of ether oxygens (including phenoxy) is 1. The van der Waals surface area contributed by atoms with E-state index < -0.39 is 11.6 Å². The van der Waals surface area contributed by atoms with Crippen LogP contribution in [0, 0.1) is 4.64 Å². The van der Waals surface area contributed by atoms with E-state index in [9.17, 15) is 4.79 Å². The van der Waals surface area contributed by atoms with Gasteiger partial charge in [0, 0.05) is 0 Å². The van der Waals surface area contributed by atoms with E-state index in [1.807, 2.05) is 0 Å². The topological polar surface area (TPSA) is 106 Å². The minimum Gasteiger partial charge on any atom is -0.459 e. The number of rotatable bonds is 2. The molecule has 8 heteroatoms. The van der Waals surface area contributed by atoms with Crippen LogP contribution in [-0.4, -0.2) is 39.5 Å². The second-order valence-corrected chi connectivity index (χ2v) is 5.99. The molecular weight excluding hydrogens is 290 g/mol. The first kappa shape index (κ1) is 15.3. The maximum Gasteiger partial charge on any atom is 0.328 e. The average molecular weight is 307 g/mol. The van der Waals surface area contributed by atoms with Crippen LogP contribution in [-0.2, 0) is 9.53 Å². The Morgan fingerprint density at radius 2 is 2.14 bits per heavy atom. The smallest absolute Gasteiger partial charge is 0.328 e. The van der Waals surface area contributed by atoms with Gasteiger partial charge in [-0.2, -0.15) is 0 Å². The van der Waals surface area contributed by atoms with Gasteiger partial charge in [0.1, 0.15) is 22.6 Å². The van der Waals surface area contributed by atoms with Gasteiger partial charge in [-0.15, -0.1) is 0 Å². The summed E-state index contributed by atoms with van der Waals surface area (Å²) in [6.45, 7) is 7.10. The quantitative estimate of drug-likeness (QED) is 0.641. The molecular formula is C13H17N5O2S. The lowest BCUT2D eigenvalue weighted by molar-refractivity contribution is -0.152. The zero-order chi connectivity index (χ0) is 15.8. The molecule has 1 aliphatic heterocycles. The molecule has 0 unspecified atom stereocenters. The molecule has 112 valence electrons. The number of esters is 1. The summed E-state index contributed by atoms with van der Waals surface area (Å²) in [4.78, 5) is 27.1. The fourth-order valence-corrected chi connectivity index (χ4v) is 2.18. The number of nitrogens with two attached hydrogens (primary N) is 1.